The molecule has 0 bridgehead atoms. The van der Waals surface area contributed by atoms with E-state index in [9.17, 15) is 4.79 Å². The number of hydrazine groups is 1. The molecule has 0 saturated carbocycles. The van der Waals surface area contributed by atoms with Gasteiger partial charge in [0.05, 0.1) is 22.9 Å². The first-order valence-electron chi connectivity index (χ1n) is 6.87. The van der Waals surface area contributed by atoms with E-state index in [4.69, 9.17) is 0 Å². The summed E-state index contributed by atoms with van der Waals surface area (Å²) in [7, 11) is 0. The Balaban J connectivity index is 1.68. The number of rotatable bonds is 3. The molecule has 22 heavy (non-hydrogen) atoms. The summed E-state index contributed by atoms with van der Waals surface area (Å²) in [4.78, 5) is 19.3. The highest BCUT2D eigenvalue weighted by atomic mass is 16.2. The van der Waals surface area contributed by atoms with Crippen molar-refractivity contribution in [1.82, 2.24) is 19.8 Å². The SMILES string of the molecule is O=C(NNc1cccc2c1ncc1cccn12)c1ccc[nH]1. The van der Waals surface area contributed by atoms with Crippen LogP contribution in [0.25, 0.3) is 16.6 Å². The van der Waals surface area contributed by atoms with Crippen molar-refractivity contribution >= 4 is 28.1 Å². The van der Waals surface area contributed by atoms with Gasteiger partial charge in [-0.15, -0.1) is 0 Å². The lowest BCUT2D eigenvalue weighted by Gasteiger charge is -2.11. The van der Waals surface area contributed by atoms with E-state index in [-0.39, 0.29) is 5.91 Å². The number of fused-ring (bicyclic) bond motifs is 3. The molecule has 0 atom stereocenters. The van der Waals surface area contributed by atoms with Crippen LogP contribution in [0.5, 0.6) is 0 Å². The van der Waals surface area contributed by atoms with Crippen LogP contribution in [0.1, 0.15) is 10.5 Å². The minimum Gasteiger partial charge on any atom is -0.357 e. The second-order valence-corrected chi connectivity index (χ2v) is 4.90. The van der Waals surface area contributed by atoms with Crippen LogP contribution < -0.4 is 10.9 Å². The monoisotopic (exact) mass is 291 g/mol. The third-order valence-corrected chi connectivity index (χ3v) is 3.53. The minimum atomic E-state index is -0.232. The molecule has 3 N–H and O–H groups in total. The molecule has 0 spiro atoms. The zero-order chi connectivity index (χ0) is 14.9. The fourth-order valence-corrected chi connectivity index (χ4v) is 2.47. The van der Waals surface area contributed by atoms with Crippen LogP contribution in [0.2, 0.25) is 0 Å². The number of amides is 1. The van der Waals surface area contributed by atoms with Gasteiger partial charge in [-0.05, 0) is 36.4 Å². The molecule has 0 fully saturated rings. The number of aromatic amines is 1. The fourth-order valence-electron chi connectivity index (χ4n) is 2.47. The number of carbonyl (C=O) groups is 1. The molecular formula is C16H13N5O. The second-order valence-electron chi connectivity index (χ2n) is 4.90. The number of H-pyrrole nitrogens is 1. The normalized spacial score (nSPS) is 10.9. The van der Waals surface area contributed by atoms with Gasteiger partial charge in [-0.1, -0.05) is 6.07 Å². The van der Waals surface area contributed by atoms with Crippen molar-refractivity contribution in [3.8, 4) is 0 Å². The lowest BCUT2D eigenvalue weighted by molar-refractivity contribution is 0.0958. The van der Waals surface area contributed by atoms with Gasteiger partial charge in [0.2, 0.25) is 0 Å². The number of anilines is 1. The Morgan fingerprint density at radius 3 is 2.95 bits per heavy atom. The highest BCUT2D eigenvalue weighted by molar-refractivity contribution is 5.95. The van der Waals surface area contributed by atoms with E-state index in [2.05, 4.69) is 25.2 Å². The van der Waals surface area contributed by atoms with Crippen LogP contribution >= 0.6 is 0 Å². The lowest BCUT2D eigenvalue weighted by atomic mass is 10.2. The summed E-state index contributed by atoms with van der Waals surface area (Å²) in [5, 5.41) is 0. The van der Waals surface area contributed by atoms with E-state index < -0.39 is 0 Å². The first-order valence-corrected chi connectivity index (χ1v) is 6.87. The van der Waals surface area contributed by atoms with Gasteiger partial charge in [-0.2, -0.15) is 0 Å². The topological polar surface area (TPSA) is 74.2 Å². The van der Waals surface area contributed by atoms with Crippen LogP contribution in [0.4, 0.5) is 5.69 Å². The van der Waals surface area contributed by atoms with E-state index >= 15 is 0 Å². The predicted molar refractivity (Wildman–Crippen MR) is 84.6 cm³/mol. The molecule has 108 valence electrons. The number of aromatic nitrogens is 3. The minimum absolute atomic E-state index is 0.232. The standard InChI is InChI=1S/C16H13N5O/c22-16(13-6-2-8-17-13)20-19-12-5-1-7-14-15(12)18-10-11-4-3-9-21(11)14/h1-10,17,19H,(H,20,22). The Hall–Kier alpha value is -3.28. The van der Waals surface area contributed by atoms with Crippen molar-refractivity contribution in [2.45, 2.75) is 0 Å². The van der Waals surface area contributed by atoms with Crippen molar-refractivity contribution in [2.24, 2.45) is 0 Å². The van der Waals surface area contributed by atoms with Crippen LogP contribution in [0, 0.1) is 0 Å². The summed E-state index contributed by atoms with van der Waals surface area (Å²) >= 11 is 0. The summed E-state index contributed by atoms with van der Waals surface area (Å²) in [5.41, 5.74) is 9.63. The fraction of sp³-hybridized carbons (Fsp3) is 0. The molecule has 0 radical (unpaired) electrons. The molecule has 3 aromatic heterocycles. The second kappa shape index (κ2) is 4.92. The quantitative estimate of drug-likeness (QED) is 0.508. The van der Waals surface area contributed by atoms with Gasteiger partial charge in [-0.25, -0.2) is 0 Å². The largest absolute Gasteiger partial charge is 0.357 e. The number of hydrogen-bond acceptors (Lipinski definition) is 3. The Morgan fingerprint density at radius 2 is 2.09 bits per heavy atom. The van der Waals surface area contributed by atoms with Crippen LogP contribution in [0.3, 0.4) is 0 Å². The van der Waals surface area contributed by atoms with Gasteiger partial charge in [0.25, 0.3) is 5.91 Å². The van der Waals surface area contributed by atoms with E-state index in [0.717, 1.165) is 22.2 Å². The molecule has 6 heteroatoms. The number of benzene rings is 1. The highest BCUT2D eigenvalue weighted by Crippen LogP contribution is 2.22. The molecule has 0 saturated heterocycles. The maximum absolute atomic E-state index is 12.0. The average molecular weight is 291 g/mol. The Morgan fingerprint density at radius 1 is 1.14 bits per heavy atom. The van der Waals surface area contributed by atoms with Gasteiger partial charge >= 0.3 is 0 Å². The summed E-state index contributed by atoms with van der Waals surface area (Å²) in [6, 6.07) is 13.3. The number of para-hydroxylation sites is 1. The number of carbonyl (C=O) groups excluding carboxylic acids is 1. The van der Waals surface area contributed by atoms with Gasteiger partial charge < -0.3 is 9.38 Å². The summed E-state index contributed by atoms with van der Waals surface area (Å²) in [6.45, 7) is 0. The Labute approximate surface area is 125 Å². The molecule has 1 amide bonds. The smallest absolute Gasteiger partial charge is 0.286 e. The first kappa shape index (κ1) is 12.5. The highest BCUT2D eigenvalue weighted by Gasteiger charge is 2.08. The predicted octanol–water partition coefficient (Wildman–Crippen LogP) is 2.57. The molecular weight excluding hydrogens is 278 g/mol. The molecule has 4 aromatic rings. The molecule has 0 aliphatic rings. The van der Waals surface area contributed by atoms with Gasteiger partial charge in [0.15, 0.2) is 0 Å². The lowest BCUT2D eigenvalue weighted by Crippen LogP contribution is -2.29. The van der Waals surface area contributed by atoms with Crippen molar-refractivity contribution in [2.75, 3.05) is 5.43 Å². The first-order chi connectivity index (χ1) is 10.8. The zero-order valence-corrected chi connectivity index (χ0v) is 11.6. The molecule has 6 nitrogen and oxygen atoms in total. The van der Waals surface area contributed by atoms with Crippen LogP contribution in [-0.2, 0) is 0 Å². The molecule has 0 unspecified atom stereocenters. The number of nitrogens with one attached hydrogen (secondary N) is 3. The summed E-state index contributed by atoms with van der Waals surface area (Å²) < 4.78 is 2.06. The molecule has 0 aliphatic heterocycles. The Kier molecular flexibility index (Phi) is 2.79. The van der Waals surface area contributed by atoms with Crippen molar-refractivity contribution < 1.29 is 4.79 Å². The van der Waals surface area contributed by atoms with E-state index in [0.29, 0.717) is 5.69 Å². The van der Waals surface area contributed by atoms with E-state index in [1.54, 1.807) is 24.5 Å². The van der Waals surface area contributed by atoms with Gasteiger partial charge in [0.1, 0.15) is 11.2 Å². The number of nitrogens with zero attached hydrogens (tertiary/aromatic N) is 2. The third kappa shape index (κ3) is 1.98. The zero-order valence-electron chi connectivity index (χ0n) is 11.6. The van der Waals surface area contributed by atoms with Crippen molar-refractivity contribution in [3.63, 3.8) is 0 Å². The summed E-state index contributed by atoms with van der Waals surface area (Å²) in [6.07, 6.45) is 5.50. The maximum Gasteiger partial charge on any atom is 0.286 e. The number of hydrogen-bond donors (Lipinski definition) is 3. The Bertz CT molecular complexity index is 955. The molecule has 0 aliphatic carbocycles. The summed E-state index contributed by atoms with van der Waals surface area (Å²) in [5.74, 6) is -0.232. The van der Waals surface area contributed by atoms with Gasteiger partial charge in [-0.3, -0.25) is 20.6 Å². The van der Waals surface area contributed by atoms with Crippen molar-refractivity contribution in [1.29, 1.82) is 0 Å². The molecule has 4 rings (SSSR count). The third-order valence-electron chi connectivity index (χ3n) is 3.53. The van der Waals surface area contributed by atoms with E-state index in [1.165, 1.54) is 0 Å². The van der Waals surface area contributed by atoms with Crippen LogP contribution in [0.15, 0.2) is 61.1 Å². The maximum atomic E-state index is 12.0. The van der Waals surface area contributed by atoms with Gasteiger partial charge in [0, 0.05) is 12.4 Å². The average Bonchev–Trinajstić information content (AvgIpc) is 3.23. The molecule has 3 heterocycles. The van der Waals surface area contributed by atoms with E-state index in [1.807, 2.05) is 36.5 Å². The van der Waals surface area contributed by atoms with Crippen molar-refractivity contribution in [3.05, 3.63) is 66.7 Å². The van der Waals surface area contributed by atoms with Crippen LogP contribution in [-0.4, -0.2) is 20.3 Å². The molecule has 1 aromatic carbocycles.